The van der Waals surface area contributed by atoms with Gasteiger partial charge in [-0.3, -0.25) is 4.90 Å². The van der Waals surface area contributed by atoms with Gasteiger partial charge in [-0.1, -0.05) is 0 Å². The molecule has 1 saturated heterocycles. The first-order valence-corrected chi connectivity index (χ1v) is 7.48. The van der Waals surface area contributed by atoms with E-state index in [9.17, 15) is 5.11 Å². The summed E-state index contributed by atoms with van der Waals surface area (Å²) in [6.07, 6.45) is 2.49. The molecule has 0 saturated carbocycles. The summed E-state index contributed by atoms with van der Waals surface area (Å²) in [5, 5.41) is 10.7. The smallest absolute Gasteiger partial charge is 0.223 e. The lowest BCUT2D eigenvalue weighted by Crippen LogP contribution is -2.37. The first kappa shape index (κ1) is 14.3. The van der Waals surface area contributed by atoms with Crippen molar-refractivity contribution < 1.29 is 9.84 Å². The number of nitrogens with zero attached hydrogens (tertiary/aromatic N) is 4. The summed E-state index contributed by atoms with van der Waals surface area (Å²) in [5.74, 6) is 0.0764. The second-order valence-corrected chi connectivity index (χ2v) is 5.57. The lowest BCUT2D eigenvalue weighted by atomic mass is 10.2. The van der Waals surface area contributed by atoms with Gasteiger partial charge in [0, 0.05) is 31.9 Å². The van der Waals surface area contributed by atoms with Gasteiger partial charge in [0.2, 0.25) is 5.88 Å². The molecule has 0 aliphatic carbocycles. The molecule has 2 aromatic rings. The number of ether oxygens (including phenoxy) is 1. The number of fused-ring (bicyclic) bond motifs is 1. The maximum atomic E-state index is 9.93. The number of aryl methyl sites for hydroxylation is 2. The minimum absolute atomic E-state index is 0.0764. The summed E-state index contributed by atoms with van der Waals surface area (Å²) in [5.41, 5.74) is 3.05. The average molecular weight is 290 g/mol. The Morgan fingerprint density at radius 2 is 1.95 bits per heavy atom. The standard InChI is InChI=1S/C15H22N4O2/c1-11-12(2)19(14-13(11)15(20)17-10-16-14)5-3-4-18-6-8-21-9-7-18/h10H,3-9H2,1-2H3,(H,16,17,20). The number of hydrogen-bond donors (Lipinski definition) is 1. The van der Waals surface area contributed by atoms with Gasteiger partial charge in [-0.05, 0) is 25.8 Å². The third-order valence-corrected chi connectivity index (χ3v) is 4.35. The summed E-state index contributed by atoms with van der Waals surface area (Å²) < 4.78 is 7.55. The number of morpholine rings is 1. The third-order valence-electron chi connectivity index (χ3n) is 4.35. The molecule has 0 bridgehead atoms. The minimum atomic E-state index is 0.0764. The van der Waals surface area contributed by atoms with Crippen LogP contribution in [0, 0.1) is 13.8 Å². The molecular formula is C15H22N4O2. The summed E-state index contributed by atoms with van der Waals surface area (Å²) in [7, 11) is 0. The van der Waals surface area contributed by atoms with Crippen molar-refractivity contribution in [1.82, 2.24) is 19.4 Å². The highest BCUT2D eigenvalue weighted by Gasteiger charge is 2.16. The molecule has 21 heavy (non-hydrogen) atoms. The molecule has 2 aromatic heterocycles. The van der Waals surface area contributed by atoms with E-state index in [2.05, 4.69) is 26.4 Å². The number of rotatable bonds is 4. The van der Waals surface area contributed by atoms with Crippen molar-refractivity contribution in [2.45, 2.75) is 26.8 Å². The van der Waals surface area contributed by atoms with Gasteiger partial charge in [-0.2, -0.15) is 0 Å². The van der Waals surface area contributed by atoms with Gasteiger partial charge in [0.1, 0.15) is 12.0 Å². The molecule has 6 heteroatoms. The van der Waals surface area contributed by atoms with E-state index < -0.39 is 0 Å². The van der Waals surface area contributed by atoms with Crippen LogP contribution in [-0.4, -0.2) is 57.4 Å². The monoisotopic (exact) mass is 290 g/mol. The van der Waals surface area contributed by atoms with Crippen LogP contribution in [-0.2, 0) is 11.3 Å². The van der Waals surface area contributed by atoms with Gasteiger partial charge in [-0.15, -0.1) is 0 Å². The number of aromatic nitrogens is 3. The molecular weight excluding hydrogens is 268 g/mol. The van der Waals surface area contributed by atoms with Crippen LogP contribution in [0.3, 0.4) is 0 Å². The molecule has 3 heterocycles. The van der Waals surface area contributed by atoms with Gasteiger partial charge in [0.05, 0.1) is 18.6 Å². The van der Waals surface area contributed by atoms with E-state index in [1.54, 1.807) is 0 Å². The Hall–Kier alpha value is -1.66. The zero-order chi connectivity index (χ0) is 14.8. The molecule has 1 N–H and O–H groups in total. The fourth-order valence-electron chi connectivity index (χ4n) is 3.00. The van der Waals surface area contributed by atoms with E-state index in [0.29, 0.717) is 0 Å². The second-order valence-electron chi connectivity index (χ2n) is 5.57. The summed E-state index contributed by atoms with van der Waals surface area (Å²) in [6, 6.07) is 0. The molecule has 114 valence electrons. The van der Waals surface area contributed by atoms with Crippen LogP contribution in [0.15, 0.2) is 6.33 Å². The minimum Gasteiger partial charge on any atom is -0.493 e. The average Bonchev–Trinajstić information content (AvgIpc) is 2.74. The van der Waals surface area contributed by atoms with Crippen molar-refractivity contribution in [3.63, 3.8) is 0 Å². The zero-order valence-corrected chi connectivity index (χ0v) is 12.7. The lowest BCUT2D eigenvalue weighted by molar-refractivity contribution is 0.0369. The van der Waals surface area contributed by atoms with Crippen molar-refractivity contribution in [2.24, 2.45) is 0 Å². The normalized spacial score (nSPS) is 16.7. The maximum absolute atomic E-state index is 9.93. The first-order valence-electron chi connectivity index (χ1n) is 7.48. The highest BCUT2D eigenvalue weighted by Crippen LogP contribution is 2.29. The van der Waals surface area contributed by atoms with Crippen LogP contribution < -0.4 is 0 Å². The van der Waals surface area contributed by atoms with Gasteiger partial charge >= 0.3 is 0 Å². The molecule has 6 nitrogen and oxygen atoms in total. The molecule has 0 unspecified atom stereocenters. The topological polar surface area (TPSA) is 63.4 Å². The Morgan fingerprint density at radius 1 is 1.19 bits per heavy atom. The number of hydrogen-bond acceptors (Lipinski definition) is 5. The zero-order valence-electron chi connectivity index (χ0n) is 12.7. The van der Waals surface area contributed by atoms with Gasteiger partial charge in [0.15, 0.2) is 0 Å². The highest BCUT2D eigenvalue weighted by atomic mass is 16.5. The Kier molecular flexibility index (Phi) is 4.07. The molecule has 0 radical (unpaired) electrons. The lowest BCUT2D eigenvalue weighted by Gasteiger charge is -2.26. The van der Waals surface area contributed by atoms with E-state index >= 15 is 0 Å². The van der Waals surface area contributed by atoms with Crippen molar-refractivity contribution in [3.8, 4) is 5.88 Å². The Bertz CT molecular complexity index is 632. The second kappa shape index (κ2) is 5.99. The Morgan fingerprint density at radius 3 is 2.71 bits per heavy atom. The molecule has 0 amide bonds. The molecule has 1 fully saturated rings. The SMILES string of the molecule is Cc1c(C)n(CCCN2CCOCC2)c2ncnc(O)c12. The molecule has 0 aromatic carbocycles. The Labute approximate surface area is 124 Å². The number of aromatic hydroxyl groups is 1. The van der Waals surface area contributed by atoms with Crippen molar-refractivity contribution in [1.29, 1.82) is 0 Å². The first-order chi connectivity index (χ1) is 10.2. The van der Waals surface area contributed by atoms with Gasteiger partial charge < -0.3 is 14.4 Å². The van der Waals surface area contributed by atoms with Gasteiger partial charge in [0.25, 0.3) is 0 Å². The molecule has 0 atom stereocenters. The van der Waals surface area contributed by atoms with Crippen molar-refractivity contribution in [2.75, 3.05) is 32.8 Å². The van der Waals surface area contributed by atoms with E-state index in [1.807, 2.05) is 6.92 Å². The highest BCUT2D eigenvalue weighted by molar-refractivity contribution is 5.86. The van der Waals surface area contributed by atoms with E-state index in [4.69, 9.17) is 4.74 Å². The molecule has 0 spiro atoms. The van der Waals surface area contributed by atoms with Crippen molar-refractivity contribution >= 4 is 11.0 Å². The fraction of sp³-hybridized carbons (Fsp3) is 0.600. The Balaban J connectivity index is 1.74. The van der Waals surface area contributed by atoms with Crippen LogP contribution in [0.25, 0.3) is 11.0 Å². The fourth-order valence-corrected chi connectivity index (χ4v) is 3.00. The maximum Gasteiger partial charge on any atom is 0.223 e. The van der Waals surface area contributed by atoms with Crippen LogP contribution in [0.4, 0.5) is 0 Å². The van der Waals surface area contributed by atoms with Gasteiger partial charge in [-0.25, -0.2) is 9.97 Å². The van der Waals surface area contributed by atoms with E-state index in [1.165, 1.54) is 6.33 Å². The predicted octanol–water partition coefficient (Wildman–Crippen LogP) is 1.48. The van der Waals surface area contributed by atoms with Crippen molar-refractivity contribution in [3.05, 3.63) is 17.6 Å². The van der Waals surface area contributed by atoms with Crippen LogP contribution >= 0.6 is 0 Å². The quantitative estimate of drug-likeness (QED) is 0.924. The summed E-state index contributed by atoms with van der Waals surface area (Å²) in [6.45, 7) is 9.78. The summed E-state index contributed by atoms with van der Waals surface area (Å²) >= 11 is 0. The largest absolute Gasteiger partial charge is 0.493 e. The van der Waals surface area contributed by atoms with Crippen LogP contribution in [0.2, 0.25) is 0 Å². The molecule has 3 rings (SSSR count). The summed E-state index contributed by atoms with van der Waals surface area (Å²) in [4.78, 5) is 10.7. The molecule has 1 aliphatic heterocycles. The predicted molar refractivity (Wildman–Crippen MR) is 80.5 cm³/mol. The molecule has 1 aliphatic rings. The van der Waals surface area contributed by atoms with Crippen LogP contribution in [0.1, 0.15) is 17.7 Å². The third kappa shape index (κ3) is 2.73. The van der Waals surface area contributed by atoms with E-state index in [0.717, 1.165) is 68.1 Å². The van der Waals surface area contributed by atoms with E-state index in [-0.39, 0.29) is 5.88 Å². The van der Waals surface area contributed by atoms with Crippen LogP contribution in [0.5, 0.6) is 5.88 Å².